The zero-order valence-electron chi connectivity index (χ0n) is 13.1. The third kappa shape index (κ3) is 3.95. The zero-order chi connectivity index (χ0) is 20.7. The molecular formula is C15H12F6N2O3S. The molecule has 0 aliphatic heterocycles. The molecule has 0 aliphatic carbocycles. The molecule has 5 nitrogen and oxygen atoms in total. The minimum absolute atomic E-state index is 0.220. The zero-order valence-corrected chi connectivity index (χ0v) is 14.0. The summed E-state index contributed by atoms with van der Waals surface area (Å²) < 4.78 is 103. The Bertz CT molecular complexity index is 893. The Morgan fingerprint density at radius 1 is 0.815 bits per heavy atom. The molecule has 0 atom stereocenters. The lowest BCUT2D eigenvalue weighted by molar-refractivity contribution is -0.376. The van der Waals surface area contributed by atoms with Gasteiger partial charge in [0.2, 0.25) is 0 Å². The molecule has 0 bridgehead atoms. The number of hydrogen-bond donors (Lipinski definition) is 3. The first-order chi connectivity index (χ1) is 12.2. The smallest absolute Gasteiger partial charge is 0.399 e. The number of rotatable bonds is 4. The van der Waals surface area contributed by atoms with Gasteiger partial charge in [-0.1, -0.05) is 12.1 Å². The van der Waals surface area contributed by atoms with Crippen LogP contribution < -0.4 is 10.5 Å². The van der Waals surface area contributed by atoms with Crippen LogP contribution in [0.2, 0.25) is 0 Å². The number of anilines is 2. The van der Waals surface area contributed by atoms with E-state index >= 15 is 0 Å². The predicted octanol–water partition coefficient (Wildman–Crippen LogP) is 3.38. The maximum Gasteiger partial charge on any atom is 0.430 e. The van der Waals surface area contributed by atoms with Gasteiger partial charge < -0.3 is 10.8 Å². The van der Waals surface area contributed by atoms with Crippen LogP contribution in [0.4, 0.5) is 37.7 Å². The Morgan fingerprint density at radius 3 is 1.67 bits per heavy atom. The molecule has 0 aliphatic rings. The third-order valence-corrected chi connectivity index (χ3v) is 4.96. The highest BCUT2D eigenvalue weighted by molar-refractivity contribution is 7.92. The van der Waals surface area contributed by atoms with E-state index in [1.54, 1.807) is 0 Å². The number of benzene rings is 2. The fourth-order valence-electron chi connectivity index (χ4n) is 2.13. The second-order valence-electron chi connectivity index (χ2n) is 5.46. The summed E-state index contributed by atoms with van der Waals surface area (Å²) in [5.41, 5.74) is -1.18. The maximum absolute atomic E-state index is 12.8. The van der Waals surface area contributed by atoms with Crippen LogP contribution >= 0.6 is 0 Å². The first kappa shape index (κ1) is 20.8. The van der Waals surface area contributed by atoms with E-state index < -0.39 is 33.5 Å². The van der Waals surface area contributed by atoms with Gasteiger partial charge >= 0.3 is 12.4 Å². The van der Waals surface area contributed by atoms with Crippen molar-refractivity contribution < 1.29 is 39.9 Å². The molecular weight excluding hydrogens is 402 g/mol. The van der Waals surface area contributed by atoms with Crippen molar-refractivity contribution in [3.05, 3.63) is 54.1 Å². The van der Waals surface area contributed by atoms with Crippen molar-refractivity contribution in [1.82, 2.24) is 0 Å². The molecule has 4 N–H and O–H groups in total. The van der Waals surface area contributed by atoms with E-state index in [2.05, 4.69) is 0 Å². The Labute approximate surface area is 149 Å². The van der Waals surface area contributed by atoms with E-state index in [0.717, 1.165) is 12.1 Å². The van der Waals surface area contributed by atoms with Crippen LogP contribution in [-0.2, 0) is 15.6 Å². The van der Waals surface area contributed by atoms with Crippen molar-refractivity contribution in [2.24, 2.45) is 0 Å². The topological polar surface area (TPSA) is 92.4 Å². The Morgan fingerprint density at radius 2 is 1.26 bits per heavy atom. The number of alkyl halides is 6. The molecule has 0 aromatic heterocycles. The van der Waals surface area contributed by atoms with Crippen molar-refractivity contribution in [3.63, 3.8) is 0 Å². The average Bonchev–Trinajstić information content (AvgIpc) is 2.52. The molecule has 0 heterocycles. The molecule has 2 aromatic rings. The van der Waals surface area contributed by atoms with E-state index in [0.29, 0.717) is 24.3 Å². The van der Waals surface area contributed by atoms with Gasteiger partial charge in [0.25, 0.3) is 15.6 Å². The minimum Gasteiger partial charge on any atom is -0.399 e. The number of hydrogen-bond acceptors (Lipinski definition) is 4. The molecule has 0 spiro atoms. The fraction of sp³-hybridized carbons (Fsp3) is 0.200. The number of aliphatic hydroxyl groups is 1. The minimum atomic E-state index is -6.03. The molecule has 0 saturated carbocycles. The first-order valence-electron chi connectivity index (χ1n) is 7.03. The van der Waals surface area contributed by atoms with Gasteiger partial charge in [-0.2, -0.15) is 26.3 Å². The van der Waals surface area contributed by atoms with Crippen LogP contribution in [0.1, 0.15) is 5.56 Å². The van der Waals surface area contributed by atoms with Gasteiger partial charge in [-0.25, -0.2) is 8.42 Å². The predicted molar refractivity (Wildman–Crippen MR) is 84.1 cm³/mol. The van der Waals surface area contributed by atoms with Gasteiger partial charge in [0.15, 0.2) is 0 Å². The van der Waals surface area contributed by atoms with E-state index in [4.69, 9.17) is 5.73 Å². The lowest BCUT2D eigenvalue weighted by Gasteiger charge is -2.32. The third-order valence-electron chi connectivity index (χ3n) is 3.57. The second kappa shape index (κ2) is 6.60. The molecule has 0 saturated heterocycles. The number of nitrogens with one attached hydrogen (secondary N) is 1. The summed E-state index contributed by atoms with van der Waals surface area (Å²) in [5.74, 6) is 0. The van der Waals surface area contributed by atoms with Crippen LogP contribution in [0, 0.1) is 0 Å². The summed E-state index contributed by atoms with van der Waals surface area (Å²) in [6.45, 7) is 0. The summed E-state index contributed by atoms with van der Waals surface area (Å²) >= 11 is 0. The summed E-state index contributed by atoms with van der Waals surface area (Å²) in [7, 11) is -4.15. The van der Waals surface area contributed by atoms with Gasteiger partial charge in [-0.05, 0) is 36.4 Å². The SMILES string of the molecule is Nc1ccc(S(=O)(=O)Nc2ccc(C(O)(C(F)(F)F)C(F)(F)F)cc2)cc1. The molecule has 2 rings (SSSR count). The van der Waals surface area contributed by atoms with Crippen molar-refractivity contribution >= 4 is 21.4 Å². The summed E-state index contributed by atoms with van der Waals surface area (Å²) in [6.07, 6.45) is -12.1. The largest absolute Gasteiger partial charge is 0.430 e. The lowest BCUT2D eigenvalue weighted by Crippen LogP contribution is -2.53. The van der Waals surface area contributed by atoms with E-state index in [9.17, 15) is 39.9 Å². The van der Waals surface area contributed by atoms with E-state index in [1.807, 2.05) is 4.72 Å². The Hall–Kier alpha value is -2.47. The second-order valence-corrected chi connectivity index (χ2v) is 7.14. The number of nitrogens with two attached hydrogens (primary N) is 1. The number of sulfonamides is 1. The van der Waals surface area contributed by atoms with Crippen LogP contribution in [-0.4, -0.2) is 25.9 Å². The lowest BCUT2D eigenvalue weighted by atomic mass is 9.92. The number of nitrogen functional groups attached to an aromatic ring is 1. The summed E-state index contributed by atoms with van der Waals surface area (Å²) in [5, 5.41) is 9.28. The van der Waals surface area contributed by atoms with E-state index in [1.165, 1.54) is 12.1 Å². The fourth-order valence-corrected chi connectivity index (χ4v) is 3.19. The Balaban J connectivity index is 2.36. The van der Waals surface area contributed by atoms with Gasteiger partial charge in [-0.3, -0.25) is 4.72 Å². The summed E-state index contributed by atoms with van der Waals surface area (Å²) in [6, 6.07) is 6.94. The number of halogens is 6. The van der Waals surface area contributed by atoms with Crippen molar-refractivity contribution in [1.29, 1.82) is 0 Å². The highest BCUT2D eigenvalue weighted by Crippen LogP contribution is 2.50. The molecule has 12 heteroatoms. The standard InChI is InChI=1S/C15H12F6N2O3S/c16-14(17,18)13(24,15(19,20)21)9-1-5-11(6-2-9)23-27(25,26)12-7-3-10(22)4-8-12/h1-8,23-24H,22H2. The molecule has 0 unspecified atom stereocenters. The van der Waals surface area contributed by atoms with Crippen LogP contribution in [0.25, 0.3) is 0 Å². The molecule has 0 fully saturated rings. The van der Waals surface area contributed by atoms with Gasteiger partial charge in [0.05, 0.1) is 4.90 Å². The quantitative estimate of drug-likeness (QED) is 0.528. The monoisotopic (exact) mass is 414 g/mol. The first-order valence-corrected chi connectivity index (χ1v) is 8.51. The molecule has 2 aromatic carbocycles. The van der Waals surface area contributed by atoms with Crippen molar-refractivity contribution in [2.75, 3.05) is 10.5 Å². The molecule has 0 radical (unpaired) electrons. The maximum atomic E-state index is 12.8. The highest BCUT2D eigenvalue weighted by atomic mass is 32.2. The molecule has 148 valence electrons. The van der Waals surface area contributed by atoms with Crippen LogP contribution in [0.3, 0.4) is 0 Å². The van der Waals surface area contributed by atoms with Gasteiger partial charge in [-0.15, -0.1) is 0 Å². The van der Waals surface area contributed by atoms with Crippen LogP contribution in [0.5, 0.6) is 0 Å². The van der Waals surface area contributed by atoms with Gasteiger partial charge in [0.1, 0.15) is 0 Å². The molecule has 0 amide bonds. The summed E-state index contributed by atoms with van der Waals surface area (Å²) in [4.78, 5) is -0.220. The molecule has 27 heavy (non-hydrogen) atoms. The van der Waals surface area contributed by atoms with Crippen molar-refractivity contribution in [2.45, 2.75) is 22.8 Å². The van der Waals surface area contributed by atoms with E-state index in [-0.39, 0.29) is 16.3 Å². The van der Waals surface area contributed by atoms with Crippen molar-refractivity contribution in [3.8, 4) is 0 Å². The van der Waals surface area contributed by atoms with Gasteiger partial charge in [0, 0.05) is 16.9 Å². The average molecular weight is 414 g/mol. The highest BCUT2D eigenvalue weighted by Gasteiger charge is 2.71. The normalized spacial score (nSPS) is 13.4. The van der Waals surface area contributed by atoms with Crippen LogP contribution in [0.15, 0.2) is 53.4 Å². The Kier molecular flexibility index (Phi) is 5.10.